The van der Waals surface area contributed by atoms with E-state index in [0.717, 1.165) is 26.2 Å². The minimum Gasteiger partial charge on any atom is -0.329 e. The van der Waals surface area contributed by atoms with Gasteiger partial charge >= 0.3 is 0 Å². The molecule has 1 aliphatic rings. The number of nitrogens with zero attached hydrogens (tertiary/aromatic N) is 2. The van der Waals surface area contributed by atoms with Gasteiger partial charge in [-0.05, 0) is 43.9 Å². The van der Waals surface area contributed by atoms with E-state index in [1.54, 1.807) is 0 Å². The van der Waals surface area contributed by atoms with Gasteiger partial charge in [-0.1, -0.05) is 25.1 Å². The van der Waals surface area contributed by atoms with Gasteiger partial charge in [0.1, 0.15) is 0 Å². The van der Waals surface area contributed by atoms with E-state index in [0.29, 0.717) is 18.6 Å². The van der Waals surface area contributed by atoms with E-state index in [1.165, 1.54) is 23.1 Å². The monoisotopic (exact) mass is 289 g/mol. The van der Waals surface area contributed by atoms with Gasteiger partial charge in [0.15, 0.2) is 0 Å². The number of hydrogen-bond acceptors (Lipinski definition) is 3. The fourth-order valence-electron chi connectivity index (χ4n) is 3.22. The third-order valence-electron chi connectivity index (χ3n) is 5.14. The summed E-state index contributed by atoms with van der Waals surface area (Å²) in [5, 5.41) is 0. The molecule has 1 heterocycles. The van der Waals surface area contributed by atoms with E-state index in [9.17, 15) is 0 Å². The molecule has 2 N–H and O–H groups in total. The van der Waals surface area contributed by atoms with Crippen LogP contribution in [0.25, 0.3) is 0 Å². The van der Waals surface area contributed by atoms with Gasteiger partial charge in [-0.2, -0.15) is 0 Å². The summed E-state index contributed by atoms with van der Waals surface area (Å²) in [4.78, 5) is 5.16. The Bertz CT molecular complexity index is 450. The van der Waals surface area contributed by atoms with Crippen molar-refractivity contribution < 1.29 is 0 Å². The molecule has 0 saturated carbocycles. The molecule has 0 radical (unpaired) electrons. The summed E-state index contributed by atoms with van der Waals surface area (Å²) in [6.45, 7) is 14.2. The van der Waals surface area contributed by atoms with E-state index < -0.39 is 0 Å². The first kappa shape index (κ1) is 16.5. The quantitative estimate of drug-likeness (QED) is 0.904. The molecule has 1 saturated heterocycles. The Labute approximate surface area is 130 Å². The normalized spacial score (nSPS) is 20.4. The van der Waals surface area contributed by atoms with Crippen molar-refractivity contribution in [2.75, 3.05) is 32.7 Å². The average Bonchev–Trinajstić information content (AvgIpc) is 2.51. The van der Waals surface area contributed by atoms with Crippen LogP contribution in [0.2, 0.25) is 0 Å². The summed E-state index contributed by atoms with van der Waals surface area (Å²) in [5.74, 6) is 0. The summed E-state index contributed by atoms with van der Waals surface area (Å²) in [6.07, 6.45) is 1.23. The third kappa shape index (κ3) is 3.85. The number of nitrogens with two attached hydrogens (primary N) is 1. The highest BCUT2D eigenvalue weighted by molar-refractivity contribution is 5.32. The predicted octanol–water partition coefficient (Wildman–Crippen LogP) is 2.72. The summed E-state index contributed by atoms with van der Waals surface area (Å²) in [5.41, 5.74) is 10.2. The summed E-state index contributed by atoms with van der Waals surface area (Å²) >= 11 is 0. The second-order valence-electron chi connectivity index (χ2n) is 6.42. The van der Waals surface area contributed by atoms with Gasteiger partial charge in [-0.15, -0.1) is 0 Å². The van der Waals surface area contributed by atoms with Crippen LogP contribution in [0.3, 0.4) is 0 Å². The van der Waals surface area contributed by atoms with Crippen molar-refractivity contribution in [2.45, 2.75) is 46.2 Å². The zero-order valence-electron chi connectivity index (χ0n) is 14.1. The zero-order chi connectivity index (χ0) is 15.4. The fraction of sp³-hybridized carbons (Fsp3) is 0.667. The van der Waals surface area contributed by atoms with Crippen LogP contribution in [0, 0.1) is 13.8 Å². The average molecular weight is 289 g/mol. The SMILES string of the molecule is CCC(C)N1CCN(C(CN)c2ccc(C)c(C)c2)CC1. The Morgan fingerprint density at radius 2 is 1.67 bits per heavy atom. The van der Waals surface area contributed by atoms with Crippen LogP contribution in [0.1, 0.15) is 43.0 Å². The molecule has 2 rings (SSSR count). The Hall–Kier alpha value is -0.900. The minimum atomic E-state index is 0.364. The maximum Gasteiger partial charge on any atom is 0.0471 e. The molecule has 21 heavy (non-hydrogen) atoms. The molecule has 1 aliphatic heterocycles. The van der Waals surface area contributed by atoms with Crippen molar-refractivity contribution in [1.29, 1.82) is 0 Å². The molecule has 1 aromatic carbocycles. The zero-order valence-corrected chi connectivity index (χ0v) is 14.1. The van der Waals surface area contributed by atoms with Crippen LogP contribution in [0.5, 0.6) is 0 Å². The first-order valence-electron chi connectivity index (χ1n) is 8.32. The van der Waals surface area contributed by atoms with E-state index in [2.05, 4.69) is 55.7 Å². The van der Waals surface area contributed by atoms with Crippen molar-refractivity contribution in [3.05, 3.63) is 34.9 Å². The summed E-state index contributed by atoms with van der Waals surface area (Å²) in [7, 11) is 0. The van der Waals surface area contributed by atoms with Crippen molar-refractivity contribution in [3.63, 3.8) is 0 Å². The largest absolute Gasteiger partial charge is 0.329 e. The fourth-order valence-corrected chi connectivity index (χ4v) is 3.22. The van der Waals surface area contributed by atoms with E-state index in [1.807, 2.05) is 0 Å². The maximum absolute atomic E-state index is 6.09. The van der Waals surface area contributed by atoms with Crippen LogP contribution in [-0.4, -0.2) is 48.6 Å². The van der Waals surface area contributed by atoms with Gasteiger partial charge < -0.3 is 5.73 Å². The van der Waals surface area contributed by atoms with Crippen LogP contribution in [0.15, 0.2) is 18.2 Å². The van der Waals surface area contributed by atoms with Crippen molar-refractivity contribution >= 4 is 0 Å². The second-order valence-corrected chi connectivity index (χ2v) is 6.42. The number of piperazine rings is 1. The highest BCUT2D eigenvalue weighted by atomic mass is 15.3. The molecule has 1 aromatic rings. The standard InChI is InChI=1S/C18H31N3/c1-5-16(4)20-8-10-21(11-9-20)18(13-19)17-7-6-14(2)15(3)12-17/h6-7,12,16,18H,5,8-11,13,19H2,1-4H3. The van der Waals surface area contributed by atoms with Crippen LogP contribution >= 0.6 is 0 Å². The molecular formula is C18H31N3. The van der Waals surface area contributed by atoms with Gasteiger partial charge in [-0.3, -0.25) is 9.80 Å². The highest BCUT2D eigenvalue weighted by Gasteiger charge is 2.25. The molecule has 2 atom stereocenters. The van der Waals surface area contributed by atoms with Crippen LogP contribution in [0.4, 0.5) is 0 Å². The molecular weight excluding hydrogens is 258 g/mol. The predicted molar refractivity (Wildman–Crippen MR) is 90.6 cm³/mol. The van der Waals surface area contributed by atoms with E-state index >= 15 is 0 Å². The molecule has 0 aliphatic carbocycles. The van der Waals surface area contributed by atoms with Crippen molar-refractivity contribution in [3.8, 4) is 0 Å². The molecule has 3 nitrogen and oxygen atoms in total. The number of rotatable bonds is 5. The van der Waals surface area contributed by atoms with Gasteiger partial charge in [0.25, 0.3) is 0 Å². The lowest BCUT2D eigenvalue weighted by atomic mass is 9.99. The van der Waals surface area contributed by atoms with Gasteiger partial charge in [0, 0.05) is 44.8 Å². The summed E-state index contributed by atoms with van der Waals surface area (Å²) in [6, 6.07) is 7.85. The van der Waals surface area contributed by atoms with Gasteiger partial charge in [-0.25, -0.2) is 0 Å². The lowest BCUT2D eigenvalue weighted by Gasteiger charge is -2.41. The topological polar surface area (TPSA) is 32.5 Å². The van der Waals surface area contributed by atoms with Gasteiger partial charge in [0.2, 0.25) is 0 Å². The van der Waals surface area contributed by atoms with Crippen molar-refractivity contribution in [1.82, 2.24) is 9.80 Å². The van der Waals surface area contributed by atoms with Gasteiger partial charge in [0.05, 0.1) is 0 Å². The molecule has 1 fully saturated rings. The first-order chi connectivity index (χ1) is 10.1. The van der Waals surface area contributed by atoms with Crippen LogP contribution < -0.4 is 5.73 Å². The molecule has 0 amide bonds. The Morgan fingerprint density at radius 3 is 2.19 bits per heavy atom. The van der Waals surface area contributed by atoms with Crippen molar-refractivity contribution in [2.24, 2.45) is 5.73 Å². The highest BCUT2D eigenvalue weighted by Crippen LogP contribution is 2.24. The number of benzene rings is 1. The molecule has 3 heteroatoms. The minimum absolute atomic E-state index is 0.364. The lowest BCUT2D eigenvalue weighted by Crippen LogP contribution is -2.51. The lowest BCUT2D eigenvalue weighted by molar-refractivity contribution is 0.0743. The Morgan fingerprint density at radius 1 is 1.05 bits per heavy atom. The number of aryl methyl sites for hydroxylation is 2. The van der Waals surface area contributed by atoms with E-state index in [-0.39, 0.29) is 0 Å². The molecule has 0 bridgehead atoms. The van der Waals surface area contributed by atoms with E-state index in [4.69, 9.17) is 5.73 Å². The maximum atomic E-state index is 6.09. The third-order valence-corrected chi connectivity index (χ3v) is 5.14. The molecule has 0 spiro atoms. The number of hydrogen-bond donors (Lipinski definition) is 1. The molecule has 2 unspecified atom stereocenters. The first-order valence-corrected chi connectivity index (χ1v) is 8.32. The van der Waals surface area contributed by atoms with Crippen LogP contribution in [-0.2, 0) is 0 Å². The molecule has 0 aromatic heterocycles. The summed E-state index contributed by atoms with van der Waals surface area (Å²) < 4.78 is 0. The molecule has 118 valence electrons. The Balaban J connectivity index is 2.04. The Kier molecular flexibility index (Phi) is 5.80. The smallest absolute Gasteiger partial charge is 0.0471 e. The second kappa shape index (κ2) is 7.39.